The summed E-state index contributed by atoms with van der Waals surface area (Å²) in [7, 11) is 0. The van der Waals surface area contributed by atoms with Gasteiger partial charge in [0.25, 0.3) is 0 Å². The van der Waals surface area contributed by atoms with Crippen molar-refractivity contribution in [2.45, 2.75) is 58.4 Å². The van der Waals surface area contributed by atoms with Crippen LogP contribution in [0.25, 0.3) is 0 Å². The predicted molar refractivity (Wildman–Crippen MR) is 78.8 cm³/mol. The predicted octanol–water partition coefficient (Wildman–Crippen LogP) is 4.32. The molecule has 19 heavy (non-hydrogen) atoms. The summed E-state index contributed by atoms with van der Waals surface area (Å²) in [6, 6.07) is 7.32. The highest BCUT2D eigenvalue weighted by molar-refractivity contribution is 5.17. The highest BCUT2D eigenvalue weighted by Gasteiger charge is 2.31. The molecule has 2 heteroatoms. The first-order valence-electron chi connectivity index (χ1n) is 7.61. The van der Waals surface area contributed by atoms with Gasteiger partial charge in [-0.1, -0.05) is 31.9 Å². The summed E-state index contributed by atoms with van der Waals surface area (Å²) < 4.78 is 12.9. The van der Waals surface area contributed by atoms with Crippen molar-refractivity contribution >= 4 is 0 Å². The number of nitrogens with one attached hydrogen (secondary N) is 1. The van der Waals surface area contributed by atoms with Gasteiger partial charge in [0.05, 0.1) is 0 Å². The number of rotatable bonds is 6. The molecule has 1 fully saturated rings. The minimum absolute atomic E-state index is 0.153. The van der Waals surface area contributed by atoms with Gasteiger partial charge in [0.2, 0.25) is 0 Å². The van der Waals surface area contributed by atoms with Crippen LogP contribution in [0, 0.1) is 11.2 Å². The SMILES string of the molecule is CCC1(CNC(C)Cc2ccc(F)cc2)CCCC1. The molecule has 0 amide bonds. The third-order valence-corrected chi connectivity index (χ3v) is 4.69. The third-order valence-electron chi connectivity index (χ3n) is 4.69. The fourth-order valence-electron chi connectivity index (χ4n) is 3.22. The molecular weight excluding hydrogens is 237 g/mol. The molecule has 0 aromatic heterocycles. The summed E-state index contributed by atoms with van der Waals surface area (Å²) in [5, 5.41) is 3.69. The molecule has 1 unspecified atom stereocenters. The van der Waals surface area contributed by atoms with Crippen LogP contribution in [-0.2, 0) is 6.42 Å². The summed E-state index contributed by atoms with van der Waals surface area (Å²) >= 11 is 0. The number of halogens is 1. The van der Waals surface area contributed by atoms with Gasteiger partial charge in [-0.3, -0.25) is 0 Å². The summed E-state index contributed by atoms with van der Waals surface area (Å²) in [5.74, 6) is -0.153. The Bertz CT molecular complexity index is 379. The first-order valence-corrected chi connectivity index (χ1v) is 7.61. The maximum absolute atomic E-state index is 12.9. The Morgan fingerprint density at radius 1 is 1.21 bits per heavy atom. The average Bonchev–Trinajstić information content (AvgIpc) is 2.89. The Morgan fingerprint density at radius 2 is 1.84 bits per heavy atom. The monoisotopic (exact) mass is 263 g/mol. The Balaban J connectivity index is 1.81. The van der Waals surface area contributed by atoms with Crippen molar-refractivity contribution in [2.24, 2.45) is 5.41 Å². The fourth-order valence-corrected chi connectivity index (χ4v) is 3.22. The average molecular weight is 263 g/mol. The van der Waals surface area contributed by atoms with E-state index in [1.54, 1.807) is 12.1 Å². The normalized spacial score (nSPS) is 19.5. The van der Waals surface area contributed by atoms with Crippen LogP contribution in [-0.4, -0.2) is 12.6 Å². The number of hydrogen-bond acceptors (Lipinski definition) is 1. The van der Waals surface area contributed by atoms with E-state index < -0.39 is 0 Å². The van der Waals surface area contributed by atoms with E-state index in [9.17, 15) is 4.39 Å². The molecule has 1 aromatic rings. The molecule has 1 atom stereocenters. The standard InChI is InChI=1S/C17H26FN/c1-3-17(10-4-5-11-17)13-19-14(2)12-15-6-8-16(18)9-7-15/h6-9,14,19H,3-5,10-13H2,1-2H3. The molecule has 0 bridgehead atoms. The quantitative estimate of drug-likeness (QED) is 0.806. The molecule has 1 N–H and O–H groups in total. The van der Waals surface area contributed by atoms with Crippen LogP contribution < -0.4 is 5.32 Å². The molecule has 1 aliphatic carbocycles. The molecule has 0 aliphatic heterocycles. The molecule has 0 radical (unpaired) electrons. The van der Waals surface area contributed by atoms with E-state index in [1.165, 1.54) is 37.7 Å². The van der Waals surface area contributed by atoms with E-state index in [2.05, 4.69) is 19.2 Å². The molecular formula is C17H26FN. The highest BCUT2D eigenvalue weighted by atomic mass is 19.1. The lowest BCUT2D eigenvalue weighted by molar-refractivity contribution is 0.258. The lowest BCUT2D eigenvalue weighted by Crippen LogP contribution is -2.37. The second-order valence-electron chi connectivity index (χ2n) is 6.17. The Hall–Kier alpha value is -0.890. The van der Waals surface area contributed by atoms with E-state index in [0.717, 1.165) is 13.0 Å². The molecule has 106 valence electrons. The van der Waals surface area contributed by atoms with E-state index in [1.807, 2.05) is 12.1 Å². The van der Waals surface area contributed by atoms with Gasteiger partial charge in [0.15, 0.2) is 0 Å². The zero-order valence-electron chi connectivity index (χ0n) is 12.2. The van der Waals surface area contributed by atoms with Crippen molar-refractivity contribution in [2.75, 3.05) is 6.54 Å². The van der Waals surface area contributed by atoms with Crippen LogP contribution in [0.15, 0.2) is 24.3 Å². The molecule has 1 aromatic carbocycles. The van der Waals surface area contributed by atoms with Crippen LogP contribution in [0.5, 0.6) is 0 Å². The van der Waals surface area contributed by atoms with Gasteiger partial charge in [-0.05, 0) is 55.7 Å². The molecule has 1 aliphatic rings. The van der Waals surface area contributed by atoms with E-state index in [4.69, 9.17) is 0 Å². The largest absolute Gasteiger partial charge is 0.313 e. The Kier molecular flexibility index (Phi) is 4.98. The molecule has 2 rings (SSSR count). The molecule has 0 saturated heterocycles. The fraction of sp³-hybridized carbons (Fsp3) is 0.647. The summed E-state index contributed by atoms with van der Waals surface area (Å²) in [6.45, 7) is 5.67. The van der Waals surface area contributed by atoms with Gasteiger partial charge >= 0.3 is 0 Å². The van der Waals surface area contributed by atoms with E-state index in [-0.39, 0.29) is 5.82 Å². The molecule has 0 spiro atoms. The van der Waals surface area contributed by atoms with Crippen molar-refractivity contribution in [3.8, 4) is 0 Å². The summed E-state index contributed by atoms with van der Waals surface area (Å²) in [4.78, 5) is 0. The van der Waals surface area contributed by atoms with Gasteiger partial charge in [-0.25, -0.2) is 4.39 Å². The van der Waals surface area contributed by atoms with Crippen LogP contribution in [0.1, 0.15) is 51.5 Å². The minimum Gasteiger partial charge on any atom is -0.313 e. The van der Waals surface area contributed by atoms with E-state index in [0.29, 0.717) is 11.5 Å². The first-order chi connectivity index (χ1) is 9.13. The van der Waals surface area contributed by atoms with Gasteiger partial charge in [-0.15, -0.1) is 0 Å². The second kappa shape index (κ2) is 6.51. The number of hydrogen-bond donors (Lipinski definition) is 1. The third kappa shape index (κ3) is 4.04. The van der Waals surface area contributed by atoms with Crippen LogP contribution in [0.2, 0.25) is 0 Å². The van der Waals surface area contributed by atoms with Gasteiger partial charge in [0, 0.05) is 12.6 Å². The van der Waals surface area contributed by atoms with Crippen LogP contribution in [0.3, 0.4) is 0 Å². The van der Waals surface area contributed by atoms with E-state index >= 15 is 0 Å². The smallest absolute Gasteiger partial charge is 0.123 e. The topological polar surface area (TPSA) is 12.0 Å². The van der Waals surface area contributed by atoms with Crippen molar-refractivity contribution in [1.82, 2.24) is 5.32 Å². The van der Waals surface area contributed by atoms with Gasteiger partial charge < -0.3 is 5.32 Å². The Morgan fingerprint density at radius 3 is 2.42 bits per heavy atom. The maximum Gasteiger partial charge on any atom is 0.123 e. The van der Waals surface area contributed by atoms with Crippen molar-refractivity contribution in [3.05, 3.63) is 35.6 Å². The second-order valence-corrected chi connectivity index (χ2v) is 6.17. The van der Waals surface area contributed by atoms with Crippen molar-refractivity contribution in [1.29, 1.82) is 0 Å². The maximum atomic E-state index is 12.9. The molecule has 1 nitrogen and oxygen atoms in total. The lowest BCUT2D eigenvalue weighted by atomic mass is 9.83. The van der Waals surface area contributed by atoms with Crippen LogP contribution in [0.4, 0.5) is 4.39 Å². The minimum atomic E-state index is -0.153. The summed E-state index contributed by atoms with van der Waals surface area (Å²) in [6.07, 6.45) is 7.78. The zero-order valence-corrected chi connectivity index (χ0v) is 12.2. The van der Waals surface area contributed by atoms with Gasteiger partial charge in [-0.2, -0.15) is 0 Å². The zero-order chi connectivity index (χ0) is 13.7. The number of benzene rings is 1. The Labute approximate surface area is 116 Å². The first kappa shape index (κ1) is 14.5. The van der Waals surface area contributed by atoms with Gasteiger partial charge in [0.1, 0.15) is 5.82 Å². The molecule has 1 saturated carbocycles. The summed E-state index contributed by atoms with van der Waals surface area (Å²) in [5.41, 5.74) is 1.75. The highest BCUT2D eigenvalue weighted by Crippen LogP contribution is 2.40. The molecule has 0 heterocycles. The van der Waals surface area contributed by atoms with Crippen LogP contribution >= 0.6 is 0 Å². The lowest BCUT2D eigenvalue weighted by Gasteiger charge is -2.29. The van der Waals surface area contributed by atoms with Crippen molar-refractivity contribution < 1.29 is 4.39 Å². The van der Waals surface area contributed by atoms with Crippen molar-refractivity contribution in [3.63, 3.8) is 0 Å².